The maximum atomic E-state index is 12.5. The molecule has 2 heterocycles. The molecule has 7 nitrogen and oxygen atoms in total. The molecule has 1 aromatic heterocycles. The summed E-state index contributed by atoms with van der Waals surface area (Å²) in [6.45, 7) is 9.63. The Morgan fingerprint density at radius 3 is 2.75 bits per heavy atom. The Bertz CT molecular complexity index is 597. The van der Waals surface area contributed by atoms with Gasteiger partial charge in [-0.3, -0.25) is 14.5 Å². The van der Waals surface area contributed by atoms with E-state index in [4.69, 9.17) is 4.99 Å². The van der Waals surface area contributed by atoms with Gasteiger partial charge in [-0.2, -0.15) is 16.9 Å². The van der Waals surface area contributed by atoms with E-state index in [0.717, 1.165) is 24.7 Å². The van der Waals surface area contributed by atoms with Gasteiger partial charge < -0.3 is 15.1 Å². The van der Waals surface area contributed by atoms with E-state index >= 15 is 0 Å². The SMILES string of the molecule is CCNC(=NCC(C)(C)SC)N1CCN(c2cnn(C)c2)C(=O)C1. The lowest BCUT2D eigenvalue weighted by atomic mass is 10.2. The molecule has 1 saturated heterocycles. The predicted octanol–water partition coefficient (Wildman–Crippen LogP) is 1.18. The average Bonchev–Trinajstić information content (AvgIpc) is 2.97. The molecule has 0 bridgehead atoms. The zero-order chi connectivity index (χ0) is 17.7. The summed E-state index contributed by atoms with van der Waals surface area (Å²) in [6, 6.07) is 0. The number of rotatable bonds is 5. The first-order valence-corrected chi connectivity index (χ1v) is 9.46. The quantitative estimate of drug-likeness (QED) is 0.637. The molecule has 1 aromatic rings. The maximum Gasteiger partial charge on any atom is 0.246 e. The fraction of sp³-hybridized carbons (Fsp3) is 0.688. The van der Waals surface area contributed by atoms with E-state index in [2.05, 4.69) is 30.5 Å². The van der Waals surface area contributed by atoms with Crippen molar-refractivity contribution in [3.8, 4) is 0 Å². The number of piperazine rings is 1. The molecular weight excluding hydrogens is 324 g/mol. The van der Waals surface area contributed by atoms with Gasteiger partial charge in [0, 0.05) is 37.6 Å². The number of aromatic nitrogens is 2. The highest BCUT2D eigenvalue weighted by Gasteiger charge is 2.28. The Hall–Kier alpha value is -1.70. The van der Waals surface area contributed by atoms with Crippen LogP contribution in [0.4, 0.5) is 5.69 Å². The van der Waals surface area contributed by atoms with Gasteiger partial charge in [0.05, 0.1) is 18.4 Å². The van der Waals surface area contributed by atoms with Crippen LogP contribution in [0.25, 0.3) is 0 Å². The van der Waals surface area contributed by atoms with Crippen molar-refractivity contribution in [2.45, 2.75) is 25.5 Å². The number of amides is 1. The molecule has 0 saturated carbocycles. The predicted molar refractivity (Wildman–Crippen MR) is 101 cm³/mol. The molecule has 0 atom stereocenters. The molecule has 1 N–H and O–H groups in total. The van der Waals surface area contributed by atoms with Crippen LogP contribution in [0.3, 0.4) is 0 Å². The zero-order valence-corrected chi connectivity index (χ0v) is 16.1. The highest BCUT2D eigenvalue weighted by atomic mass is 32.2. The smallest absolute Gasteiger partial charge is 0.246 e. The average molecular weight is 353 g/mol. The van der Waals surface area contributed by atoms with Crippen molar-refractivity contribution in [1.82, 2.24) is 20.0 Å². The minimum absolute atomic E-state index is 0.0731. The van der Waals surface area contributed by atoms with E-state index in [1.165, 1.54) is 0 Å². The molecule has 0 unspecified atom stereocenters. The molecule has 134 valence electrons. The molecule has 1 aliphatic rings. The normalized spacial score (nSPS) is 16.7. The third kappa shape index (κ3) is 4.66. The topological polar surface area (TPSA) is 65.8 Å². The van der Waals surface area contributed by atoms with Gasteiger partial charge in [0.25, 0.3) is 0 Å². The number of hydrogen-bond donors (Lipinski definition) is 1. The Labute approximate surface area is 148 Å². The van der Waals surface area contributed by atoms with Crippen LogP contribution in [0, 0.1) is 0 Å². The van der Waals surface area contributed by atoms with Crippen molar-refractivity contribution in [2.75, 3.05) is 43.9 Å². The summed E-state index contributed by atoms with van der Waals surface area (Å²) in [5.74, 6) is 0.891. The van der Waals surface area contributed by atoms with Gasteiger partial charge in [-0.15, -0.1) is 0 Å². The molecule has 24 heavy (non-hydrogen) atoms. The molecule has 1 fully saturated rings. The number of nitrogens with one attached hydrogen (secondary N) is 1. The van der Waals surface area contributed by atoms with E-state index in [1.807, 2.05) is 25.1 Å². The lowest BCUT2D eigenvalue weighted by Gasteiger charge is -2.35. The van der Waals surface area contributed by atoms with Crippen LogP contribution >= 0.6 is 11.8 Å². The number of hydrogen-bond acceptors (Lipinski definition) is 4. The first-order valence-electron chi connectivity index (χ1n) is 8.23. The number of aliphatic imine (C=N–C) groups is 1. The van der Waals surface area contributed by atoms with Crippen LogP contribution in [-0.2, 0) is 11.8 Å². The van der Waals surface area contributed by atoms with Crippen molar-refractivity contribution in [2.24, 2.45) is 12.0 Å². The fourth-order valence-corrected chi connectivity index (χ4v) is 2.62. The highest BCUT2D eigenvalue weighted by molar-refractivity contribution is 7.99. The largest absolute Gasteiger partial charge is 0.357 e. The molecule has 1 aliphatic heterocycles. The van der Waals surface area contributed by atoms with Gasteiger partial charge in [0.1, 0.15) is 6.54 Å². The van der Waals surface area contributed by atoms with E-state index in [9.17, 15) is 4.79 Å². The number of anilines is 1. The van der Waals surface area contributed by atoms with Gasteiger partial charge in [-0.1, -0.05) is 0 Å². The Kier molecular flexibility index (Phi) is 6.15. The second-order valence-electron chi connectivity index (χ2n) is 6.47. The van der Waals surface area contributed by atoms with Crippen molar-refractivity contribution >= 4 is 29.3 Å². The first-order chi connectivity index (χ1) is 11.4. The summed E-state index contributed by atoms with van der Waals surface area (Å²) in [6.07, 6.45) is 5.69. The number of carbonyl (C=O) groups is 1. The van der Waals surface area contributed by atoms with Gasteiger partial charge in [0.2, 0.25) is 5.91 Å². The number of thioether (sulfide) groups is 1. The van der Waals surface area contributed by atoms with E-state index in [-0.39, 0.29) is 10.7 Å². The minimum Gasteiger partial charge on any atom is -0.357 e. The van der Waals surface area contributed by atoms with Gasteiger partial charge in [0.15, 0.2) is 5.96 Å². The lowest BCUT2D eigenvalue weighted by Crippen LogP contribution is -2.55. The van der Waals surface area contributed by atoms with Gasteiger partial charge >= 0.3 is 0 Å². The zero-order valence-electron chi connectivity index (χ0n) is 15.2. The number of aryl methyl sites for hydroxylation is 1. The van der Waals surface area contributed by atoms with Crippen LogP contribution < -0.4 is 10.2 Å². The summed E-state index contributed by atoms with van der Waals surface area (Å²) in [5.41, 5.74) is 0.854. The maximum absolute atomic E-state index is 12.5. The monoisotopic (exact) mass is 352 g/mol. The van der Waals surface area contributed by atoms with Gasteiger partial charge in [-0.25, -0.2) is 0 Å². The standard InChI is InChI=1S/C16H28N6OS/c1-6-17-15(18-12-16(2,3)24-5)21-7-8-22(14(23)11-21)13-9-19-20(4)10-13/h9-10H,6-8,11-12H2,1-5H3,(H,17,18). The van der Waals surface area contributed by atoms with Crippen LogP contribution in [0.2, 0.25) is 0 Å². The summed E-state index contributed by atoms with van der Waals surface area (Å²) in [4.78, 5) is 21.1. The molecule has 0 radical (unpaired) electrons. The third-order valence-electron chi connectivity index (χ3n) is 4.02. The van der Waals surface area contributed by atoms with Crippen LogP contribution in [0.15, 0.2) is 17.4 Å². The van der Waals surface area contributed by atoms with Crippen molar-refractivity contribution in [3.05, 3.63) is 12.4 Å². The van der Waals surface area contributed by atoms with E-state index in [1.54, 1.807) is 27.5 Å². The highest BCUT2D eigenvalue weighted by Crippen LogP contribution is 2.21. The van der Waals surface area contributed by atoms with Crippen molar-refractivity contribution in [3.63, 3.8) is 0 Å². The molecule has 0 spiro atoms. The van der Waals surface area contributed by atoms with Crippen LogP contribution in [0.1, 0.15) is 20.8 Å². The number of nitrogens with zero attached hydrogens (tertiary/aromatic N) is 5. The Morgan fingerprint density at radius 2 is 2.21 bits per heavy atom. The van der Waals surface area contributed by atoms with Crippen LogP contribution in [0.5, 0.6) is 0 Å². The minimum atomic E-state index is 0.0731. The molecule has 2 rings (SSSR count). The van der Waals surface area contributed by atoms with Gasteiger partial charge in [-0.05, 0) is 27.0 Å². The summed E-state index contributed by atoms with van der Waals surface area (Å²) < 4.78 is 1.80. The number of guanidine groups is 1. The van der Waals surface area contributed by atoms with E-state index < -0.39 is 0 Å². The Balaban J connectivity index is 2.06. The van der Waals surface area contributed by atoms with Crippen molar-refractivity contribution < 1.29 is 4.79 Å². The molecule has 8 heteroatoms. The second kappa shape index (κ2) is 7.92. The second-order valence-corrected chi connectivity index (χ2v) is 7.99. The fourth-order valence-electron chi connectivity index (χ4n) is 2.43. The number of carbonyl (C=O) groups excluding carboxylic acids is 1. The van der Waals surface area contributed by atoms with E-state index in [0.29, 0.717) is 19.6 Å². The summed E-state index contributed by atoms with van der Waals surface area (Å²) in [7, 11) is 1.85. The third-order valence-corrected chi connectivity index (χ3v) is 5.25. The molecule has 0 aliphatic carbocycles. The molecular formula is C16H28N6OS. The van der Waals surface area contributed by atoms with Crippen LogP contribution in [-0.4, -0.2) is 70.3 Å². The summed E-state index contributed by atoms with van der Waals surface area (Å²) >= 11 is 1.80. The summed E-state index contributed by atoms with van der Waals surface area (Å²) in [5, 5.41) is 7.45. The first kappa shape index (κ1) is 18.6. The Morgan fingerprint density at radius 1 is 1.46 bits per heavy atom. The van der Waals surface area contributed by atoms with Crippen molar-refractivity contribution in [1.29, 1.82) is 0 Å². The lowest BCUT2D eigenvalue weighted by molar-refractivity contribution is -0.120. The molecule has 1 amide bonds. The molecule has 0 aromatic carbocycles.